The molecule has 0 aliphatic rings. The number of nitrogens with two attached hydrogens (primary N) is 1. The van der Waals surface area contributed by atoms with E-state index in [-0.39, 0.29) is 17.2 Å². The molecule has 3 heteroatoms. The molecule has 0 fully saturated rings. The maximum Gasteiger partial charge on any atom is 0.115 e. The van der Waals surface area contributed by atoms with Gasteiger partial charge >= 0.3 is 0 Å². The number of nitrogens with one attached hydrogen (secondary N) is 1. The molecule has 0 spiro atoms. The molecule has 0 aliphatic carbocycles. The van der Waals surface area contributed by atoms with Gasteiger partial charge in [-0.15, -0.1) is 0 Å². The van der Waals surface area contributed by atoms with Crippen LogP contribution in [-0.2, 0) is 0 Å². The van der Waals surface area contributed by atoms with E-state index >= 15 is 0 Å². The molecule has 0 heterocycles. The second-order valence-electron chi connectivity index (χ2n) is 5.39. The molecular weight excluding hydrogens is 200 g/mol. The van der Waals surface area contributed by atoms with Crippen LogP contribution < -0.4 is 11.1 Å². The lowest BCUT2D eigenvalue weighted by Gasteiger charge is -2.21. The minimum atomic E-state index is -0.0250. The van der Waals surface area contributed by atoms with E-state index < -0.39 is 0 Å². The van der Waals surface area contributed by atoms with Crippen LogP contribution in [0.1, 0.15) is 32.4 Å². The fourth-order valence-electron chi connectivity index (χ4n) is 1.44. The van der Waals surface area contributed by atoms with Crippen molar-refractivity contribution in [1.29, 1.82) is 0 Å². The van der Waals surface area contributed by atoms with Crippen molar-refractivity contribution in [1.82, 2.24) is 5.32 Å². The molecule has 16 heavy (non-hydrogen) atoms. The molecule has 0 bridgehead atoms. The van der Waals surface area contributed by atoms with Gasteiger partial charge in [0.15, 0.2) is 0 Å². The van der Waals surface area contributed by atoms with Gasteiger partial charge in [0.25, 0.3) is 0 Å². The van der Waals surface area contributed by atoms with Gasteiger partial charge in [0.05, 0.1) is 0 Å². The molecule has 4 N–H and O–H groups in total. The van der Waals surface area contributed by atoms with E-state index in [0.717, 1.165) is 18.7 Å². The highest BCUT2D eigenvalue weighted by atomic mass is 16.3. The number of rotatable bonds is 4. The molecule has 0 aliphatic heterocycles. The van der Waals surface area contributed by atoms with Gasteiger partial charge in [-0.1, -0.05) is 32.9 Å². The average molecular weight is 222 g/mol. The van der Waals surface area contributed by atoms with Gasteiger partial charge < -0.3 is 16.2 Å². The zero-order valence-electron chi connectivity index (χ0n) is 10.3. The number of hydrogen-bond acceptors (Lipinski definition) is 3. The van der Waals surface area contributed by atoms with Crippen molar-refractivity contribution in [2.75, 3.05) is 13.1 Å². The van der Waals surface area contributed by atoms with Crippen LogP contribution in [-0.4, -0.2) is 18.2 Å². The third-order valence-corrected chi connectivity index (χ3v) is 2.34. The summed E-state index contributed by atoms with van der Waals surface area (Å²) in [4.78, 5) is 0. The number of benzene rings is 1. The Kier molecular flexibility index (Phi) is 4.33. The maximum atomic E-state index is 9.16. The van der Waals surface area contributed by atoms with Gasteiger partial charge in [0, 0.05) is 19.1 Å². The zero-order chi connectivity index (χ0) is 12.2. The summed E-state index contributed by atoms with van der Waals surface area (Å²) in [5, 5.41) is 12.5. The third kappa shape index (κ3) is 4.64. The summed E-state index contributed by atoms with van der Waals surface area (Å²) < 4.78 is 0. The van der Waals surface area contributed by atoms with Crippen molar-refractivity contribution in [3.63, 3.8) is 0 Å². The van der Waals surface area contributed by atoms with Gasteiger partial charge in [-0.3, -0.25) is 0 Å². The molecule has 0 saturated carbocycles. The van der Waals surface area contributed by atoms with E-state index in [9.17, 15) is 0 Å². The second-order valence-corrected chi connectivity index (χ2v) is 5.39. The summed E-state index contributed by atoms with van der Waals surface area (Å²) in [5.41, 5.74) is 7.34. The average Bonchev–Trinajstić information content (AvgIpc) is 2.16. The number of phenolic OH excluding ortho intramolecular Hbond substituents is 1. The predicted octanol–water partition coefficient (Wildman–Crippen LogP) is 2.03. The summed E-state index contributed by atoms with van der Waals surface area (Å²) in [6.45, 7) is 8.26. The van der Waals surface area contributed by atoms with Crippen molar-refractivity contribution >= 4 is 0 Å². The fraction of sp³-hybridized carbons (Fsp3) is 0.538. The van der Waals surface area contributed by atoms with Crippen LogP contribution in [0, 0.1) is 5.41 Å². The van der Waals surface area contributed by atoms with Crippen molar-refractivity contribution < 1.29 is 5.11 Å². The topological polar surface area (TPSA) is 58.3 Å². The lowest BCUT2D eigenvalue weighted by atomic mass is 9.97. The molecule has 90 valence electrons. The van der Waals surface area contributed by atoms with Crippen LogP contribution in [0.25, 0.3) is 0 Å². The Bertz CT molecular complexity index is 314. The first kappa shape index (κ1) is 13.0. The normalized spacial score (nSPS) is 13.8. The first-order chi connectivity index (χ1) is 7.38. The van der Waals surface area contributed by atoms with E-state index in [1.807, 2.05) is 12.1 Å². The number of aromatic hydroxyl groups is 1. The van der Waals surface area contributed by atoms with Crippen LogP contribution in [0.15, 0.2) is 24.3 Å². The van der Waals surface area contributed by atoms with Gasteiger partial charge in [-0.2, -0.15) is 0 Å². The highest BCUT2D eigenvalue weighted by Gasteiger charge is 2.11. The minimum Gasteiger partial charge on any atom is -0.508 e. The van der Waals surface area contributed by atoms with Crippen LogP contribution >= 0.6 is 0 Å². The van der Waals surface area contributed by atoms with E-state index in [1.54, 1.807) is 12.1 Å². The molecule has 1 rings (SSSR count). The second kappa shape index (κ2) is 5.32. The molecule has 0 radical (unpaired) electrons. The summed E-state index contributed by atoms with van der Waals surface area (Å²) >= 11 is 0. The van der Waals surface area contributed by atoms with E-state index in [1.165, 1.54) is 0 Å². The molecule has 0 aromatic heterocycles. The Morgan fingerprint density at radius 3 is 2.31 bits per heavy atom. The van der Waals surface area contributed by atoms with Gasteiger partial charge in [0.2, 0.25) is 0 Å². The Hall–Kier alpha value is -1.06. The highest BCUT2D eigenvalue weighted by molar-refractivity contribution is 5.27. The van der Waals surface area contributed by atoms with E-state index in [0.29, 0.717) is 0 Å². The first-order valence-electron chi connectivity index (χ1n) is 5.64. The van der Waals surface area contributed by atoms with E-state index in [4.69, 9.17) is 10.8 Å². The predicted molar refractivity (Wildman–Crippen MR) is 67.4 cm³/mol. The van der Waals surface area contributed by atoms with Crippen molar-refractivity contribution in [3.8, 4) is 5.75 Å². The first-order valence-corrected chi connectivity index (χ1v) is 5.64. The van der Waals surface area contributed by atoms with Crippen LogP contribution in [0.3, 0.4) is 0 Å². The van der Waals surface area contributed by atoms with Gasteiger partial charge in [-0.05, 0) is 23.1 Å². The minimum absolute atomic E-state index is 0.0250. The molecule has 1 aromatic rings. The van der Waals surface area contributed by atoms with Crippen molar-refractivity contribution in [3.05, 3.63) is 29.8 Å². The van der Waals surface area contributed by atoms with Crippen molar-refractivity contribution in [2.45, 2.75) is 26.8 Å². The quantitative estimate of drug-likeness (QED) is 0.730. The monoisotopic (exact) mass is 222 g/mol. The number of phenols is 1. The number of hydrogen-bond donors (Lipinski definition) is 3. The molecule has 1 atom stereocenters. The van der Waals surface area contributed by atoms with Crippen LogP contribution in [0.4, 0.5) is 0 Å². The smallest absolute Gasteiger partial charge is 0.115 e. The molecule has 0 unspecified atom stereocenters. The van der Waals surface area contributed by atoms with Crippen LogP contribution in [0.2, 0.25) is 0 Å². The van der Waals surface area contributed by atoms with Gasteiger partial charge in [-0.25, -0.2) is 0 Å². The summed E-state index contributed by atoms with van der Waals surface area (Å²) in [7, 11) is 0. The standard InChI is InChI=1S/C13H22N2O/c1-13(2,3)9-15-8-12(14)10-4-6-11(16)7-5-10/h4-7,12,15-16H,8-9,14H2,1-3H3/t12-/m1/s1. The third-order valence-electron chi connectivity index (χ3n) is 2.34. The molecule has 0 amide bonds. The fourth-order valence-corrected chi connectivity index (χ4v) is 1.44. The molecular formula is C13H22N2O. The van der Waals surface area contributed by atoms with Gasteiger partial charge in [0.1, 0.15) is 5.75 Å². The molecule has 3 nitrogen and oxygen atoms in total. The Morgan fingerprint density at radius 1 is 1.25 bits per heavy atom. The van der Waals surface area contributed by atoms with Crippen molar-refractivity contribution in [2.24, 2.45) is 11.1 Å². The van der Waals surface area contributed by atoms with E-state index in [2.05, 4.69) is 26.1 Å². The largest absolute Gasteiger partial charge is 0.508 e. The highest BCUT2D eigenvalue weighted by Crippen LogP contribution is 2.15. The lowest BCUT2D eigenvalue weighted by Crippen LogP contribution is -2.33. The maximum absolute atomic E-state index is 9.16. The summed E-state index contributed by atoms with van der Waals surface area (Å²) in [6, 6.07) is 7.03. The Balaban J connectivity index is 2.41. The SMILES string of the molecule is CC(C)(C)CNC[C@@H](N)c1ccc(O)cc1. The lowest BCUT2D eigenvalue weighted by molar-refractivity contribution is 0.374. The summed E-state index contributed by atoms with van der Waals surface area (Å²) in [5.74, 6) is 0.276. The molecule has 1 aromatic carbocycles. The summed E-state index contributed by atoms with van der Waals surface area (Å²) in [6.07, 6.45) is 0. The van der Waals surface area contributed by atoms with Crippen LogP contribution in [0.5, 0.6) is 5.75 Å². The molecule has 0 saturated heterocycles. The Morgan fingerprint density at radius 2 is 1.81 bits per heavy atom. The zero-order valence-corrected chi connectivity index (χ0v) is 10.3. The Labute approximate surface area is 97.7 Å².